The Kier molecular flexibility index (Phi) is 5.39. The Morgan fingerprint density at radius 3 is 2.79 bits per heavy atom. The van der Waals surface area contributed by atoms with Gasteiger partial charge in [-0.05, 0) is 6.92 Å². The molecule has 0 aliphatic heterocycles. The zero-order valence-electron chi connectivity index (χ0n) is 10.8. The van der Waals surface area contributed by atoms with E-state index in [0.717, 1.165) is 0 Å². The van der Waals surface area contributed by atoms with E-state index in [-0.39, 0.29) is 23.8 Å². The van der Waals surface area contributed by atoms with Gasteiger partial charge in [-0.25, -0.2) is 9.48 Å². The van der Waals surface area contributed by atoms with Gasteiger partial charge in [0.1, 0.15) is 6.04 Å². The van der Waals surface area contributed by atoms with E-state index in [9.17, 15) is 9.59 Å². The van der Waals surface area contributed by atoms with Gasteiger partial charge in [0.2, 0.25) is 5.91 Å². The highest BCUT2D eigenvalue weighted by molar-refractivity contribution is 5.87. The predicted molar refractivity (Wildman–Crippen MR) is 64.5 cm³/mol. The summed E-state index contributed by atoms with van der Waals surface area (Å²) in [6.45, 7) is 2.27. The number of nitrogens with zero attached hydrogens (tertiary/aromatic N) is 3. The molecule has 9 nitrogen and oxygen atoms in total. The van der Waals surface area contributed by atoms with Crippen molar-refractivity contribution >= 4 is 11.9 Å². The Labute approximate surface area is 109 Å². The minimum absolute atomic E-state index is 0.0652. The molecular formula is C10H17N5O4. The van der Waals surface area contributed by atoms with Crippen LogP contribution in [-0.2, 0) is 16.1 Å². The number of amides is 1. The van der Waals surface area contributed by atoms with Gasteiger partial charge in [0, 0.05) is 20.2 Å². The number of aromatic carboxylic acids is 1. The molecule has 0 aliphatic carbocycles. The van der Waals surface area contributed by atoms with Gasteiger partial charge in [0.15, 0.2) is 5.69 Å². The molecule has 1 amide bonds. The lowest BCUT2D eigenvalue weighted by Gasteiger charge is -2.14. The molecule has 0 saturated heterocycles. The van der Waals surface area contributed by atoms with Gasteiger partial charge < -0.3 is 20.9 Å². The van der Waals surface area contributed by atoms with Crippen LogP contribution in [0, 0.1) is 0 Å². The van der Waals surface area contributed by atoms with E-state index in [4.69, 9.17) is 15.6 Å². The summed E-state index contributed by atoms with van der Waals surface area (Å²) in [6.07, 6.45) is 0. The molecule has 9 heteroatoms. The third-order valence-corrected chi connectivity index (χ3v) is 2.54. The Balaban J connectivity index is 2.84. The third kappa shape index (κ3) is 3.48. The van der Waals surface area contributed by atoms with Crippen LogP contribution in [0.2, 0.25) is 0 Å². The molecule has 1 aromatic rings. The molecule has 0 aliphatic rings. The predicted octanol–water partition coefficient (Wildman–Crippen LogP) is -1.24. The average molecular weight is 271 g/mol. The Bertz CT molecular complexity index is 459. The first-order chi connectivity index (χ1) is 9.02. The standard InChI is InChI=1S/C10H17N5O4/c1-6(9(16)12-3-4-19-2)15-7(5-11)8(10(17)18)13-14-15/h6H,3-5,11H2,1-2H3,(H,12,16)(H,17,18). The van der Waals surface area contributed by atoms with Gasteiger partial charge in [-0.1, -0.05) is 5.21 Å². The highest BCUT2D eigenvalue weighted by Crippen LogP contribution is 2.12. The van der Waals surface area contributed by atoms with Crippen molar-refractivity contribution in [3.63, 3.8) is 0 Å². The Morgan fingerprint density at radius 1 is 1.58 bits per heavy atom. The maximum Gasteiger partial charge on any atom is 0.358 e. The summed E-state index contributed by atoms with van der Waals surface area (Å²) in [4.78, 5) is 22.7. The van der Waals surface area contributed by atoms with Crippen LogP contribution in [0.15, 0.2) is 0 Å². The summed E-state index contributed by atoms with van der Waals surface area (Å²) in [5, 5.41) is 18.7. The summed E-state index contributed by atoms with van der Waals surface area (Å²) < 4.78 is 6.02. The largest absolute Gasteiger partial charge is 0.476 e. The van der Waals surface area contributed by atoms with Crippen molar-refractivity contribution in [2.24, 2.45) is 5.73 Å². The second kappa shape index (κ2) is 6.81. The molecule has 0 fully saturated rings. The summed E-state index contributed by atoms with van der Waals surface area (Å²) in [5.41, 5.74) is 5.45. The van der Waals surface area contributed by atoms with Gasteiger partial charge in [-0.3, -0.25) is 4.79 Å². The van der Waals surface area contributed by atoms with E-state index >= 15 is 0 Å². The molecule has 4 N–H and O–H groups in total. The van der Waals surface area contributed by atoms with Crippen molar-refractivity contribution in [3.8, 4) is 0 Å². The molecule has 1 heterocycles. The summed E-state index contributed by atoms with van der Waals surface area (Å²) in [5.74, 6) is -1.53. The Hall–Kier alpha value is -2.00. The maximum absolute atomic E-state index is 11.8. The molecule has 1 unspecified atom stereocenters. The van der Waals surface area contributed by atoms with Crippen LogP contribution >= 0.6 is 0 Å². The number of carboxylic acid groups (broad SMARTS) is 1. The normalized spacial score (nSPS) is 12.2. The first kappa shape index (κ1) is 15.1. The van der Waals surface area contributed by atoms with E-state index < -0.39 is 12.0 Å². The number of rotatable bonds is 7. The van der Waals surface area contributed by atoms with E-state index in [1.165, 1.54) is 11.8 Å². The topological polar surface area (TPSA) is 132 Å². The second-order valence-corrected chi connectivity index (χ2v) is 3.80. The van der Waals surface area contributed by atoms with Crippen molar-refractivity contribution in [3.05, 3.63) is 11.4 Å². The minimum atomic E-state index is -1.22. The lowest BCUT2D eigenvalue weighted by Crippen LogP contribution is -2.34. The first-order valence-corrected chi connectivity index (χ1v) is 5.67. The van der Waals surface area contributed by atoms with Crippen molar-refractivity contribution in [1.29, 1.82) is 0 Å². The van der Waals surface area contributed by atoms with Crippen molar-refractivity contribution in [2.75, 3.05) is 20.3 Å². The number of nitrogens with two attached hydrogens (primary N) is 1. The monoisotopic (exact) mass is 271 g/mol. The molecule has 0 saturated carbocycles. The van der Waals surface area contributed by atoms with E-state index in [0.29, 0.717) is 13.2 Å². The molecule has 0 aromatic carbocycles. The number of hydrogen-bond acceptors (Lipinski definition) is 6. The average Bonchev–Trinajstić information content (AvgIpc) is 2.81. The van der Waals surface area contributed by atoms with Gasteiger partial charge in [0.25, 0.3) is 0 Å². The molecule has 1 rings (SSSR count). The van der Waals surface area contributed by atoms with Crippen molar-refractivity contribution in [2.45, 2.75) is 19.5 Å². The molecular weight excluding hydrogens is 254 g/mol. The first-order valence-electron chi connectivity index (χ1n) is 5.67. The van der Waals surface area contributed by atoms with Crippen LogP contribution in [0.5, 0.6) is 0 Å². The fraction of sp³-hybridized carbons (Fsp3) is 0.600. The third-order valence-electron chi connectivity index (χ3n) is 2.54. The number of hydrogen-bond donors (Lipinski definition) is 3. The fourth-order valence-electron chi connectivity index (χ4n) is 1.52. The fourth-order valence-corrected chi connectivity index (χ4v) is 1.52. The van der Waals surface area contributed by atoms with Gasteiger partial charge >= 0.3 is 5.97 Å². The molecule has 0 spiro atoms. The highest BCUT2D eigenvalue weighted by Gasteiger charge is 2.24. The van der Waals surface area contributed by atoms with Gasteiger partial charge in [-0.15, -0.1) is 5.10 Å². The lowest BCUT2D eigenvalue weighted by molar-refractivity contribution is -0.124. The van der Waals surface area contributed by atoms with Crippen molar-refractivity contribution < 1.29 is 19.4 Å². The molecule has 19 heavy (non-hydrogen) atoms. The van der Waals surface area contributed by atoms with E-state index in [1.807, 2.05) is 0 Å². The molecule has 0 radical (unpaired) electrons. The van der Waals surface area contributed by atoms with Crippen LogP contribution < -0.4 is 11.1 Å². The molecule has 0 bridgehead atoms. The number of carbonyl (C=O) groups is 2. The highest BCUT2D eigenvalue weighted by atomic mass is 16.5. The van der Waals surface area contributed by atoms with Crippen molar-refractivity contribution in [1.82, 2.24) is 20.3 Å². The molecule has 106 valence electrons. The maximum atomic E-state index is 11.8. The van der Waals surface area contributed by atoms with E-state index in [2.05, 4.69) is 15.6 Å². The quantitative estimate of drug-likeness (QED) is 0.528. The van der Waals surface area contributed by atoms with Crippen LogP contribution in [0.3, 0.4) is 0 Å². The lowest BCUT2D eigenvalue weighted by atomic mass is 10.2. The van der Waals surface area contributed by atoms with Gasteiger partial charge in [0.05, 0.1) is 12.3 Å². The summed E-state index contributed by atoms with van der Waals surface area (Å²) in [7, 11) is 1.53. The Morgan fingerprint density at radius 2 is 2.26 bits per heavy atom. The SMILES string of the molecule is COCCNC(=O)C(C)n1nnc(C(=O)O)c1CN. The van der Waals surface area contributed by atoms with E-state index in [1.54, 1.807) is 6.92 Å². The summed E-state index contributed by atoms with van der Waals surface area (Å²) in [6, 6.07) is -0.698. The number of aromatic nitrogens is 3. The smallest absolute Gasteiger partial charge is 0.358 e. The van der Waals surface area contributed by atoms with Gasteiger partial charge in [-0.2, -0.15) is 0 Å². The summed E-state index contributed by atoms with van der Waals surface area (Å²) >= 11 is 0. The second-order valence-electron chi connectivity index (χ2n) is 3.80. The van der Waals surface area contributed by atoms with Crippen LogP contribution in [-0.4, -0.2) is 52.2 Å². The molecule has 1 aromatic heterocycles. The van der Waals surface area contributed by atoms with Crippen LogP contribution in [0.25, 0.3) is 0 Å². The van der Waals surface area contributed by atoms with Crippen LogP contribution in [0.4, 0.5) is 0 Å². The van der Waals surface area contributed by atoms with Crippen LogP contribution in [0.1, 0.15) is 29.1 Å². The number of carbonyl (C=O) groups excluding carboxylic acids is 1. The minimum Gasteiger partial charge on any atom is -0.476 e. The number of nitrogens with one attached hydrogen (secondary N) is 1. The molecule has 1 atom stereocenters. The number of methoxy groups -OCH3 is 1. The zero-order valence-corrected chi connectivity index (χ0v) is 10.8. The number of ether oxygens (including phenoxy) is 1. The number of carboxylic acids is 1. The zero-order chi connectivity index (χ0) is 14.4.